The lowest BCUT2D eigenvalue weighted by Gasteiger charge is -2.20. The minimum atomic E-state index is -0.531. The van der Waals surface area contributed by atoms with Gasteiger partial charge in [0, 0.05) is 24.6 Å². The Labute approximate surface area is 161 Å². The number of amides is 1. The lowest BCUT2D eigenvalue weighted by molar-refractivity contribution is -0.120. The van der Waals surface area contributed by atoms with Gasteiger partial charge in [-0.2, -0.15) is 0 Å². The van der Waals surface area contributed by atoms with E-state index in [-0.39, 0.29) is 18.1 Å². The summed E-state index contributed by atoms with van der Waals surface area (Å²) in [5.41, 5.74) is 1.44. The molecule has 1 amide bonds. The minimum absolute atomic E-state index is 0.256. The molecule has 7 heteroatoms. The van der Waals surface area contributed by atoms with Crippen molar-refractivity contribution in [2.45, 2.75) is 6.92 Å². The number of rotatable bonds is 5. The van der Waals surface area contributed by atoms with Crippen LogP contribution in [0.15, 0.2) is 57.7 Å². The van der Waals surface area contributed by atoms with Crippen molar-refractivity contribution in [1.29, 1.82) is 0 Å². The van der Waals surface area contributed by atoms with Gasteiger partial charge in [0.1, 0.15) is 11.3 Å². The highest BCUT2D eigenvalue weighted by atomic mass is 16.5. The van der Waals surface area contributed by atoms with Gasteiger partial charge >= 0.3 is 11.6 Å². The molecule has 0 saturated carbocycles. The molecule has 1 heterocycles. The molecule has 7 nitrogen and oxygen atoms in total. The number of hydrogen-bond acceptors (Lipinski definition) is 6. The van der Waals surface area contributed by atoms with Crippen LogP contribution in [0.2, 0.25) is 0 Å². The number of hydrogen-bond donors (Lipinski definition) is 0. The monoisotopic (exact) mass is 381 g/mol. The van der Waals surface area contributed by atoms with E-state index < -0.39 is 11.6 Å². The highest BCUT2D eigenvalue weighted by Crippen LogP contribution is 2.23. The number of para-hydroxylation sites is 1. The highest BCUT2D eigenvalue weighted by Gasteiger charge is 2.19. The van der Waals surface area contributed by atoms with Crippen LogP contribution in [0.1, 0.15) is 15.9 Å². The summed E-state index contributed by atoms with van der Waals surface area (Å²) in [6.45, 7) is 1.56. The number of carbonyl (C=O) groups excluding carboxylic acids is 2. The maximum Gasteiger partial charge on any atom is 0.339 e. The third-order valence-corrected chi connectivity index (χ3v) is 4.33. The number of likely N-dealkylation sites (N-methyl/N-ethyl adjacent to an activating group) is 1. The average Bonchev–Trinajstić information content (AvgIpc) is 2.70. The molecule has 0 aliphatic heterocycles. The van der Waals surface area contributed by atoms with Crippen molar-refractivity contribution in [3.05, 3.63) is 70.1 Å². The molecule has 0 spiro atoms. The van der Waals surface area contributed by atoms with E-state index in [1.54, 1.807) is 49.5 Å². The summed E-state index contributed by atoms with van der Waals surface area (Å²) < 4.78 is 15.5. The van der Waals surface area contributed by atoms with E-state index in [4.69, 9.17) is 13.9 Å². The van der Waals surface area contributed by atoms with E-state index in [1.165, 1.54) is 18.1 Å². The highest BCUT2D eigenvalue weighted by molar-refractivity contribution is 6.02. The molecule has 0 radical (unpaired) electrons. The average molecular weight is 381 g/mol. The number of anilines is 1. The first kappa shape index (κ1) is 19.2. The van der Waals surface area contributed by atoms with Crippen LogP contribution in [0.4, 0.5) is 5.69 Å². The largest absolute Gasteiger partial charge is 0.484 e. The summed E-state index contributed by atoms with van der Waals surface area (Å²) in [6, 6.07) is 13.1. The van der Waals surface area contributed by atoms with Gasteiger partial charge in [0.2, 0.25) is 0 Å². The molecule has 3 rings (SSSR count). The topological polar surface area (TPSA) is 86.0 Å². The molecule has 0 fully saturated rings. The standard InChI is InChI=1S/C21H19NO6/c1-13-10-20(24)28-18-11-14(8-9-15(13)18)27-12-19(23)22(2)17-7-5-4-6-16(17)21(25)26-3/h4-11H,12H2,1-3H3. The van der Waals surface area contributed by atoms with Gasteiger partial charge in [-0.15, -0.1) is 0 Å². The quantitative estimate of drug-likeness (QED) is 0.499. The predicted octanol–water partition coefficient (Wildman–Crippen LogP) is 2.93. The summed E-state index contributed by atoms with van der Waals surface area (Å²) in [5, 5.41) is 0.794. The van der Waals surface area contributed by atoms with Crippen molar-refractivity contribution in [3.8, 4) is 5.75 Å². The van der Waals surface area contributed by atoms with Crippen LogP contribution < -0.4 is 15.3 Å². The lowest BCUT2D eigenvalue weighted by atomic mass is 10.1. The van der Waals surface area contributed by atoms with E-state index in [0.717, 1.165) is 10.9 Å². The molecule has 2 aromatic carbocycles. The molecule has 0 saturated heterocycles. The predicted molar refractivity (Wildman–Crippen MR) is 104 cm³/mol. The number of methoxy groups -OCH3 is 1. The number of ether oxygens (including phenoxy) is 2. The number of esters is 1. The van der Waals surface area contributed by atoms with Gasteiger partial charge in [0.15, 0.2) is 6.61 Å². The molecule has 3 aromatic rings. The van der Waals surface area contributed by atoms with Gasteiger partial charge in [0.25, 0.3) is 5.91 Å². The van der Waals surface area contributed by atoms with Crippen molar-refractivity contribution >= 4 is 28.5 Å². The van der Waals surface area contributed by atoms with Crippen molar-refractivity contribution < 1.29 is 23.5 Å². The fourth-order valence-corrected chi connectivity index (χ4v) is 2.82. The Balaban J connectivity index is 1.76. The third kappa shape index (κ3) is 3.88. The van der Waals surface area contributed by atoms with E-state index in [1.807, 2.05) is 6.92 Å². The van der Waals surface area contributed by atoms with Gasteiger partial charge in [-0.05, 0) is 36.8 Å². The number of nitrogens with zero attached hydrogens (tertiary/aromatic N) is 1. The van der Waals surface area contributed by atoms with Gasteiger partial charge in [0.05, 0.1) is 18.4 Å². The molecule has 0 N–H and O–H groups in total. The van der Waals surface area contributed by atoms with Crippen LogP contribution in [0.5, 0.6) is 5.75 Å². The lowest BCUT2D eigenvalue weighted by Crippen LogP contribution is -2.32. The molecule has 1 aromatic heterocycles. The van der Waals surface area contributed by atoms with Gasteiger partial charge in [-0.25, -0.2) is 9.59 Å². The fourth-order valence-electron chi connectivity index (χ4n) is 2.82. The van der Waals surface area contributed by atoms with E-state index >= 15 is 0 Å². The molecule has 0 atom stereocenters. The van der Waals surface area contributed by atoms with Crippen molar-refractivity contribution in [1.82, 2.24) is 0 Å². The fraction of sp³-hybridized carbons (Fsp3) is 0.190. The number of fused-ring (bicyclic) bond motifs is 1. The maximum absolute atomic E-state index is 12.5. The van der Waals surface area contributed by atoms with Crippen molar-refractivity contribution in [3.63, 3.8) is 0 Å². The third-order valence-electron chi connectivity index (χ3n) is 4.33. The zero-order valence-corrected chi connectivity index (χ0v) is 15.7. The molecule has 0 aliphatic carbocycles. The number of carbonyl (C=O) groups is 2. The van der Waals surface area contributed by atoms with Crippen LogP contribution in [-0.2, 0) is 9.53 Å². The summed E-state index contributed by atoms with van der Waals surface area (Å²) in [4.78, 5) is 37.3. The second kappa shape index (κ2) is 7.96. The van der Waals surface area contributed by atoms with Crippen LogP contribution in [0, 0.1) is 6.92 Å². The maximum atomic E-state index is 12.5. The zero-order valence-electron chi connectivity index (χ0n) is 15.7. The van der Waals surface area contributed by atoms with Gasteiger partial charge < -0.3 is 18.8 Å². The Morgan fingerprint density at radius 1 is 1.11 bits per heavy atom. The first-order valence-electron chi connectivity index (χ1n) is 8.52. The number of aryl methyl sites for hydroxylation is 1. The van der Waals surface area contributed by atoms with E-state index in [9.17, 15) is 14.4 Å². The second-order valence-corrected chi connectivity index (χ2v) is 6.16. The Kier molecular flexibility index (Phi) is 5.44. The SMILES string of the molecule is COC(=O)c1ccccc1N(C)C(=O)COc1ccc2c(C)cc(=O)oc2c1. The van der Waals surface area contributed by atoms with E-state index in [2.05, 4.69) is 0 Å². The molecular weight excluding hydrogens is 362 g/mol. The molecule has 0 bridgehead atoms. The van der Waals surface area contributed by atoms with Crippen LogP contribution >= 0.6 is 0 Å². The smallest absolute Gasteiger partial charge is 0.339 e. The molecule has 0 aliphatic rings. The van der Waals surface area contributed by atoms with Crippen molar-refractivity contribution in [2.75, 3.05) is 25.7 Å². The molecule has 28 heavy (non-hydrogen) atoms. The summed E-state index contributed by atoms with van der Waals surface area (Å²) in [7, 11) is 2.83. The summed E-state index contributed by atoms with van der Waals surface area (Å²) in [6.07, 6.45) is 0. The van der Waals surface area contributed by atoms with Crippen LogP contribution in [-0.4, -0.2) is 32.6 Å². The Hall–Kier alpha value is -3.61. The Morgan fingerprint density at radius 2 is 1.86 bits per heavy atom. The summed E-state index contributed by atoms with van der Waals surface area (Å²) in [5.74, 6) is -0.498. The molecular formula is C21H19NO6. The Bertz CT molecular complexity index is 1100. The molecule has 0 unspecified atom stereocenters. The minimum Gasteiger partial charge on any atom is -0.484 e. The normalized spacial score (nSPS) is 10.5. The first-order valence-corrected chi connectivity index (χ1v) is 8.52. The van der Waals surface area contributed by atoms with Crippen LogP contribution in [0.25, 0.3) is 11.0 Å². The molecule has 144 valence electrons. The zero-order chi connectivity index (χ0) is 20.3. The van der Waals surface area contributed by atoms with Crippen molar-refractivity contribution in [2.24, 2.45) is 0 Å². The Morgan fingerprint density at radius 3 is 2.61 bits per heavy atom. The summed E-state index contributed by atoms with van der Waals surface area (Å²) >= 11 is 0. The van der Waals surface area contributed by atoms with Gasteiger partial charge in [-0.3, -0.25) is 4.79 Å². The van der Waals surface area contributed by atoms with E-state index in [0.29, 0.717) is 17.0 Å². The second-order valence-electron chi connectivity index (χ2n) is 6.16. The first-order chi connectivity index (χ1) is 13.4. The van der Waals surface area contributed by atoms with Crippen LogP contribution in [0.3, 0.4) is 0 Å². The van der Waals surface area contributed by atoms with Gasteiger partial charge in [-0.1, -0.05) is 12.1 Å². The number of benzene rings is 2.